The first-order valence-corrected chi connectivity index (χ1v) is 8.50. The van der Waals surface area contributed by atoms with Gasteiger partial charge in [0.2, 0.25) is 0 Å². The lowest BCUT2D eigenvalue weighted by molar-refractivity contribution is -0.140. The molecule has 0 saturated heterocycles. The standard InChI is InChI=1S/C20H31NO2/c1-17(2)20(22)23-16-19(13-9-6-10-14-21(3)4)15-18-11-7-5-8-12-18/h5,7-8,11-12,19H,1,6,9-10,13-16H2,2-4H3. The molecule has 1 aromatic carbocycles. The van der Waals surface area contributed by atoms with Gasteiger partial charge >= 0.3 is 5.97 Å². The molecule has 23 heavy (non-hydrogen) atoms. The number of esters is 1. The second-order valence-corrected chi connectivity index (χ2v) is 6.59. The number of benzene rings is 1. The molecule has 1 unspecified atom stereocenters. The highest BCUT2D eigenvalue weighted by Crippen LogP contribution is 2.17. The summed E-state index contributed by atoms with van der Waals surface area (Å²) in [7, 11) is 4.21. The second-order valence-electron chi connectivity index (χ2n) is 6.59. The van der Waals surface area contributed by atoms with E-state index in [0.717, 1.165) is 19.4 Å². The van der Waals surface area contributed by atoms with E-state index in [1.807, 2.05) is 6.07 Å². The average molecular weight is 317 g/mol. The summed E-state index contributed by atoms with van der Waals surface area (Å²) in [6.07, 6.45) is 5.66. The number of hydrogen-bond acceptors (Lipinski definition) is 3. The summed E-state index contributed by atoms with van der Waals surface area (Å²) >= 11 is 0. The Morgan fingerprint density at radius 1 is 1.17 bits per heavy atom. The van der Waals surface area contributed by atoms with Gasteiger partial charge in [-0.05, 0) is 58.3 Å². The lowest BCUT2D eigenvalue weighted by Gasteiger charge is -2.17. The van der Waals surface area contributed by atoms with Gasteiger partial charge in [-0.3, -0.25) is 0 Å². The van der Waals surface area contributed by atoms with Crippen molar-refractivity contribution in [1.29, 1.82) is 0 Å². The number of rotatable bonds is 11. The minimum atomic E-state index is -0.282. The summed E-state index contributed by atoms with van der Waals surface area (Å²) in [5, 5.41) is 0. The summed E-state index contributed by atoms with van der Waals surface area (Å²) < 4.78 is 5.39. The van der Waals surface area contributed by atoms with Gasteiger partial charge in [-0.2, -0.15) is 0 Å². The number of ether oxygens (including phenoxy) is 1. The van der Waals surface area contributed by atoms with Gasteiger partial charge in [0, 0.05) is 5.57 Å². The molecule has 0 N–H and O–H groups in total. The molecule has 0 radical (unpaired) electrons. The Morgan fingerprint density at radius 2 is 1.87 bits per heavy atom. The summed E-state index contributed by atoms with van der Waals surface area (Å²) in [5.41, 5.74) is 1.77. The van der Waals surface area contributed by atoms with Gasteiger partial charge in [-0.15, -0.1) is 0 Å². The molecule has 0 fully saturated rings. The fraction of sp³-hybridized carbons (Fsp3) is 0.550. The molecule has 0 aliphatic carbocycles. The molecule has 0 amide bonds. The summed E-state index contributed by atoms with van der Waals surface area (Å²) in [6, 6.07) is 10.4. The van der Waals surface area contributed by atoms with Crippen molar-refractivity contribution in [1.82, 2.24) is 4.90 Å². The van der Waals surface area contributed by atoms with Crippen LogP contribution in [0.3, 0.4) is 0 Å². The van der Waals surface area contributed by atoms with Crippen molar-refractivity contribution in [3.63, 3.8) is 0 Å². The minimum Gasteiger partial charge on any atom is -0.462 e. The zero-order valence-corrected chi connectivity index (χ0v) is 14.9. The smallest absolute Gasteiger partial charge is 0.333 e. The van der Waals surface area contributed by atoms with Crippen LogP contribution in [-0.4, -0.2) is 38.1 Å². The van der Waals surface area contributed by atoms with Crippen LogP contribution < -0.4 is 0 Å². The van der Waals surface area contributed by atoms with Crippen molar-refractivity contribution in [3.05, 3.63) is 48.0 Å². The van der Waals surface area contributed by atoms with E-state index in [-0.39, 0.29) is 5.97 Å². The van der Waals surface area contributed by atoms with E-state index >= 15 is 0 Å². The van der Waals surface area contributed by atoms with Crippen LogP contribution in [-0.2, 0) is 16.0 Å². The van der Waals surface area contributed by atoms with E-state index in [9.17, 15) is 4.79 Å². The fourth-order valence-corrected chi connectivity index (χ4v) is 2.55. The maximum absolute atomic E-state index is 11.6. The second kappa shape index (κ2) is 11.0. The summed E-state index contributed by atoms with van der Waals surface area (Å²) in [6.45, 7) is 6.94. The highest BCUT2D eigenvalue weighted by atomic mass is 16.5. The number of hydrogen-bond donors (Lipinski definition) is 0. The third kappa shape index (κ3) is 9.19. The molecule has 0 bridgehead atoms. The molecule has 0 heterocycles. The minimum absolute atomic E-state index is 0.282. The van der Waals surface area contributed by atoms with E-state index < -0.39 is 0 Å². The number of carbonyl (C=O) groups excluding carboxylic acids is 1. The van der Waals surface area contributed by atoms with Gasteiger partial charge in [0.15, 0.2) is 0 Å². The van der Waals surface area contributed by atoms with E-state index in [2.05, 4.69) is 49.8 Å². The highest BCUT2D eigenvalue weighted by molar-refractivity contribution is 5.86. The Balaban J connectivity index is 2.44. The molecule has 1 atom stereocenters. The van der Waals surface area contributed by atoms with E-state index in [1.54, 1.807) is 6.92 Å². The lowest BCUT2D eigenvalue weighted by Crippen LogP contribution is -2.17. The molecule has 3 nitrogen and oxygen atoms in total. The summed E-state index contributed by atoms with van der Waals surface area (Å²) in [5.74, 6) is 0.0933. The fourth-order valence-electron chi connectivity index (χ4n) is 2.55. The first-order chi connectivity index (χ1) is 11.0. The average Bonchev–Trinajstić information content (AvgIpc) is 2.52. The first-order valence-electron chi connectivity index (χ1n) is 8.50. The molecule has 0 saturated carbocycles. The maximum atomic E-state index is 11.6. The van der Waals surface area contributed by atoms with Gasteiger partial charge in [0.1, 0.15) is 0 Å². The molecule has 3 heteroatoms. The Morgan fingerprint density at radius 3 is 2.48 bits per heavy atom. The van der Waals surface area contributed by atoms with Crippen LogP contribution >= 0.6 is 0 Å². The van der Waals surface area contributed by atoms with Crippen LogP contribution in [0.1, 0.15) is 38.2 Å². The number of carbonyl (C=O) groups is 1. The van der Waals surface area contributed by atoms with Crippen molar-refractivity contribution in [2.24, 2.45) is 5.92 Å². The van der Waals surface area contributed by atoms with Gasteiger partial charge < -0.3 is 9.64 Å². The molecular formula is C20H31NO2. The van der Waals surface area contributed by atoms with Crippen molar-refractivity contribution in [3.8, 4) is 0 Å². The molecule has 1 rings (SSSR count). The Hall–Kier alpha value is -1.61. The van der Waals surface area contributed by atoms with Crippen LogP contribution in [0.5, 0.6) is 0 Å². The molecular weight excluding hydrogens is 286 g/mol. The molecule has 128 valence electrons. The maximum Gasteiger partial charge on any atom is 0.333 e. The van der Waals surface area contributed by atoms with Gasteiger partial charge in [0.25, 0.3) is 0 Å². The quantitative estimate of drug-likeness (QED) is 0.350. The van der Waals surface area contributed by atoms with Gasteiger partial charge in [0.05, 0.1) is 6.61 Å². The van der Waals surface area contributed by atoms with Gasteiger partial charge in [-0.1, -0.05) is 49.8 Å². The zero-order chi connectivity index (χ0) is 17.1. The van der Waals surface area contributed by atoms with Crippen LogP contribution in [0.2, 0.25) is 0 Å². The lowest BCUT2D eigenvalue weighted by atomic mass is 9.94. The van der Waals surface area contributed by atoms with Crippen molar-refractivity contribution in [2.45, 2.75) is 39.0 Å². The molecule has 0 aliphatic heterocycles. The topological polar surface area (TPSA) is 29.5 Å². The molecule has 0 spiro atoms. The van der Waals surface area contributed by atoms with Crippen LogP contribution in [0, 0.1) is 5.92 Å². The predicted octanol–water partition coefficient (Wildman–Crippen LogP) is 4.09. The van der Waals surface area contributed by atoms with Crippen LogP contribution in [0.25, 0.3) is 0 Å². The SMILES string of the molecule is C=C(C)C(=O)OCC(CCCCCN(C)C)Cc1ccccc1. The van der Waals surface area contributed by atoms with Crippen molar-refractivity contribution < 1.29 is 9.53 Å². The van der Waals surface area contributed by atoms with E-state index in [1.165, 1.54) is 24.8 Å². The molecule has 1 aromatic rings. The summed E-state index contributed by atoms with van der Waals surface area (Å²) in [4.78, 5) is 13.8. The van der Waals surface area contributed by atoms with Crippen LogP contribution in [0.15, 0.2) is 42.5 Å². The Kier molecular flexibility index (Phi) is 9.30. The zero-order valence-electron chi connectivity index (χ0n) is 14.9. The van der Waals surface area contributed by atoms with Crippen LogP contribution in [0.4, 0.5) is 0 Å². The largest absolute Gasteiger partial charge is 0.462 e. The predicted molar refractivity (Wildman–Crippen MR) is 96.4 cm³/mol. The number of nitrogens with zero attached hydrogens (tertiary/aromatic N) is 1. The third-order valence-electron chi connectivity index (χ3n) is 3.88. The first kappa shape index (κ1) is 19.4. The highest BCUT2D eigenvalue weighted by Gasteiger charge is 2.13. The molecule has 0 aliphatic rings. The Bertz CT molecular complexity index is 468. The van der Waals surface area contributed by atoms with Crippen molar-refractivity contribution >= 4 is 5.97 Å². The van der Waals surface area contributed by atoms with E-state index in [0.29, 0.717) is 18.1 Å². The Labute approximate surface area is 141 Å². The van der Waals surface area contributed by atoms with Gasteiger partial charge in [-0.25, -0.2) is 4.79 Å². The number of unbranched alkanes of at least 4 members (excludes halogenated alkanes) is 2. The third-order valence-corrected chi connectivity index (χ3v) is 3.88. The van der Waals surface area contributed by atoms with E-state index in [4.69, 9.17) is 4.74 Å². The van der Waals surface area contributed by atoms with Crippen molar-refractivity contribution in [2.75, 3.05) is 27.2 Å². The molecule has 0 aromatic heterocycles. The normalized spacial score (nSPS) is 12.2. The monoisotopic (exact) mass is 317 g/mol.